The first kappa shape index (κ1) is 27.5. The molecule has 0 fully saturated rings. The molecule has 0 spiro atoms. The van der Waals surface area contributed by atoms with Crippen molar-refractivity contribution >= 4 is 44.8 Å². The molecule has 4 aromatic rings. The molecule has 10 heteroatoms. The van der Waals surface area contributed by atoms with E-state index in [-0.39, 0.29) is 12.2 Å². The lowest BCUT2D eigenvalue weighted by Crippen LogP contribution is -2.24. The number of ether oxygens (including phenoxy) is 5. The molecular formula is C29H25BrN2O7. The maximum absolute atomic E-state index is 12.7. The van der Waals surface area contributed by atoms with Crippen LogP contribution in [0, 0.1) is 0 Å². The van der Waals surface area contributed by atoms with Gasteiger partial charge in [-0.05, 0) is 77.0 Å². The largest absolute Gasteiger partial charge is 0.493 e. The van der Waals surface area contributed by atoms with Crippen LogP contribution in [0.15, 0.2) is 82.4 Å². The number of nitrogens with zero attached hydrogens (tertiary/aromatic N) is 1. The minimum Gasteiger partial charge on any atom is -0.493 e. The number of carbonyl (C=O) groups is 2. The van der Waals surface area contributed by atoms with E-state index >= 15 is 0 Å². The summed E-state index contributed by atoms with van der Waals surface area (Å²) in [5.74, 6) is 0.968. The molecule has 0 saturated carbocycles. The maximum atomic E-state index is 12.7. The SMILES string of the molecule is COc1cc(C(=O)Oc2ccc(C=NNC(=O)COc3ccc4cc(Br)ccc4c3)cc2)cc(OC)c1OC. The van der Waals surface area contributed by atoms with Crippen LogP contribution in [-0.2, 0) is 4.79 Å². The Kier molecular flexibility index (Phi) is 9.01. The fourth-order valence-electron chi connectivity index (χ4n) is 3.63. The summed E-state index contributed by atoms with van der Waals surface area (Å²) in [4.78, 5) is 24.8. The molecule has 4 aromatic carbocycles. The number of halogens is 1. The molecule has 0 aliphatic rings. The van der Waals surface area contributed by atoms with Crippen molar-refractivity contribution in [2.24, 2.45) is 5.10 Å². The minimum absolute atomic E-state index is 0.185. The predicted octanol–water partition coefficient (Wildman–Crippen LogP) is 5.38. The average Bonchev–Trinajstić information content (AvgIpc) is 2.96. The van der Waals surface area contributed by atoms with Crippen molar-refractivity contribution in [3.05, 3.63) is 88.4 Å². The first-order chi connectivity index (χ1) is 18.9. The molecule has 0 atom stereocenters. The van der Waals surface area contributed by atoms with E-state index in [2.05, 4.69) is 26.5 Å². The highest BCUT2D eigenvalue weighted by molar-refractivity contribution is 9.10. The third kappa shape index (κ3) is 7.05. The van der Waals surface area contributed by atoms with Crippen molar-refractivity contribution in [3.63, 3.8) is 0 Å². The molecule has 1 N–H and O–H groups in total. The maximum Gasteiger partial charge on any atom is 0.343 e. The van der Waals surface area contributed by atoms with Gasteiger partial charge < -0.3 is 23.7 Å². The summed E-state index contributed by atoms with van der Waals surface area (Å²) in [6.07, 6.45) is 1.47. The van der Waals surface area contributed by atoms with E-state index in [1.165, 1.54) is 39.7 Å². The standard InChI is InChI=1S/C29H25BrN2O7/c1-35-25-14-21(15-26(36-2)28(25)37-3)29(34)39-23-9-4-18(5-10-23)16-31-32-27(33)17-38-24-11-7-19-12-22(30)8-6-20(19)13-24/h4-16H,17H2,1-3H3,(H,32,33). The highest BCUT2D eigenvalue weighted by Gasteiger charge is 2.18. The van der Waals surface area contributed by atoms with Crippen molar-refractivity contribution < 1.29 is 33.3 Å². The quantitative estimate of drug-likeness (QED) is 0.114. The van der Waals surface area contributed by atoms with E-state index < -0.39 is 11.9 Å². The molecule has 0 aromatic heterocycles. The Morgan fingerprint density at radius 1 is 0.821 bits per heavy atom. The third-order valence-corrected chi connectivity index (χ3v) is 6.03. The van der Waals surface area contributed by atoms with Gasteiger partial charge in [0.1, 0.15) is 11.5 Å². The molecule has 0 heterocycles. The van der Waals surface area contributed by atoms with Crippen LogP contribution in [0.3, 0.4) is 0 Å². The Labute approximate surface area is 233 Å². The summed E-state index contributed by atoms with van der Waals surface area (Å²) in [6, 6.07) is 21.2. The smallest absolute Gasteiger partial charge is 0.343 e. The second kappa shape index (κ2) is 12.8. The number of carbonyl (C=O) groups excluding carboxylic acids is 2. The number of hydrogen-bond donors (Lipinski definition) is 1. The van der Waals surface area contributed by atoms with E-state index in [1.807, 2.05) is 30.3 Å². The highest BCUT2D eigenvalue weighted by atomic mass is 79.9. The zero-order valence-electron chi connectivity index (χ0n) is 21.4. The number of amides is 1. The zero-order chi connectivity index (χ0) is 27.8. The molecule has 0 aliphatic carbocycles. The van der Waals surface area contributed by atoms with Gasteiger partial charge in [-0.15, -0.1) is 0 Å². The van der Waals surface area contributed by atoms with Gasteiger partial charge in [-0.3, -0.25) is 4.79 Å². The topological polar surface area (TPSA) is 105 Å². The number of methoxy groups -OCH3 is 3. The van der Waals surface area contributed by atoms with Gasteiger partial charge in [0.15, 0.2) is 18.1 Å². The first-order valence-electron chi connectivity index (χ1n) is 11.7. The Bertz CT molecular complexity index is 1500. The van der Waals surface area contributed by atoms with Gasteiger partial charge in [-0.2, -0.15) is 5.10 Å². The lowest BCUT2D eigenvalue weighted by atomic mass is 10.1. The van der Waals surface area contributed by atoms with Crippen LogP contribution in [-0.4, -0.2) is 46.0 Å². The molecule has 4 rings (SSSR count). The van der Waals surface area contributed by atoms with Gasteiger partial charge in [0.05, 0.1) is 33.1 Å². The van der Waals surface area contributed by atoms with E-state index in [0.717, 1.165) is 15.2 Å². The molecule has 39 heavy (non-hydrogen) atoms. The van der Waals surface area contributed by atoms with Gasteiger partial charge in [-0.25, -0.2) is 10.2 Å². The summed E-state index contributed by atoms with van der Waals surface area (Å²) in [6.45, 7) is -0.185. The second-order valence-corrected chi connectivity index (χ2v) is 9.02. The van der Waals surface area contributed by atoms with Crippen LogP contribution >= 0.6 is 15.9 Å². The molecule has 0 aliphatic heterocycles. The van der Waals surface area contributed by atoms with Crippen molar-refractivity contribution in [1.29, 1.82) is 0 Å². The summed E-state index contributed by atoms with van der Waals surface area (Å²) in [5.41, 5.74) is 3.34. The van der Waals surface area contributed by atoms with Gasteiger partial charge in [0.25, 0.3) is 5.91 Å². The molecule has 200 valence electrons. The number of benzene rings is 4. The van der Waals surface area contributed by atoms with Crippen LogP contribution in [0.5, 0.6) is 28.7 Å². The van der Waals surface area contributed by atoms with Gasteiger partial charge >= 0.3 is 5.97 Å². The Morgan fingerprint density at radius 2 is 1.46 bits per heavy atom. The molecular weight excluding hydrogens is 568 g/mol. The van der Waals surface area contributed by atoms with Gasteiger partial charge in [-0.1, -0.05) is 28.1 Å². The normalized spacial score (nSPS) is 10.8. The van der Waals surface area contributed by atoms with Crippen molar-refractivity contribution in [3.8, 4) is 28.7 Å². The van der Waals surface area contributed by atoms with E-state index in [4.69, 9.17) is 23.7 Å². The second-order valence-electron chi connectivity index (χ2n) is 8.11. The van der Waals surface area contributed by atoms with E-state index in [9.17, 15) is 9.59 Å². The summed E-state index contributed by atoms with van der Waals surface area (Å²) < 4.78 is 27.9. The average molecular weight is 593 g/mol. The number of esters is 1. The highest BCUT2D eigenvalue weighted by Crippen LogP contribution is 2.38. The van der Waals surface area contributed by atoms with Gasteiger partial charge in [0, 0.05) is 4.47 Å². The number of hydrazone groups is 1. The number of nitrogens with one attached hydrogen (secondary N) is 1. The first-order valence-corrected chi connectivity index (χ1v) is 12.5. The lowest BCUT2D eigenvalue weighted by Gasteiger charge is -2.13. The van der Waals surface area contributed by atoms with Crippen molar-refractivity contribution in [2.45, 2.75) is 0 Å². The van der Waals surface area contributed by atoms with Crippen LogP contribution < -0.4 is 29.1 Å². The molecule has 0 bridgehead atoms. The third-order valence-electron chi connectivity index (χ3n) is 5.54. The Hall–Kier alpha value is -4.57. The van der Waals surface area contributed by atoms with Crippen molar-refractivity contribution in [1.82, 2.24) is 5.43 Å². The van der Waals surface area contributed by atoms with Gasteiger partial charge in [0.2, 0.25) is 5.75 Å². The molecule has 0 unspecified atom stereocenters. The monoisotopic (exact) mass is 592 g/mol. The summed E-state index contributed by atoms with van der Waals surface area (Å²) >= 11 is 3.45. The Balaban J connectivity index is 1.29. The minimum atomic E-state index is -0.595. The fourth-order valence-corrected chi connectivity index (χ4v) is 4.01. The van der Waals surface area contributed by atoms with E-state index in [1.54, 1.807) is 30.3 Å². The lowest BCUT2D eigenvalue weighted by molar-refractivity contribution is -0.123. The van der Waals surface area contributed by atoms with Crippen LogP contribution in [0.1, 0.15) is 15.9 Å². The van der Waals surface area contributed by atoms with Crippen LogP contribution in [0.2, 0.25) is 0 Å². The molecule has 9 nitrogen and oxygen atoms in total. The molecule has 1 amide bonds. The number of rotatable bonds is 10. The Morgan fingerprint density at radius 3 is 2.13 bits per heavy atom. The number of hydrogen-bond acceptors (Lipinski definition) is 8. The number of fused-ring (bicyclic) bond motifs is 1. The predicted molar refractivity (Wildman–Crippen MR) is 150 cm³/mol. The molecule has 0 saturated heterocycles. The van der Waals surface area contributed by atoms with Crippen molar-refractivity contribution in [2.75, 3.05) is 27.9 Å². The summed E-state index contributed by atoms with van der Waals surface area (Å²) in [5, 5.41) is 6.02. The fraction of sp³-hybridized carbons (Fsp3) is 0.138. The van der Waals surface area contributed by atoms with Crippen LogP contribution in [0.25, 0.3) is 10.8 Å². The summed E-state index contributed by atoms with van der Waals surface area (Å²) in [7, 11) is 4.41. The zero-order valence-corrected chi connectivity index (χ0v) is 23.0. The molecule has 0 radical (unpaired) electrons. The van der Waals surface area contributed by atoms with E-state index in [0.29, 0.717) is 34.3 Å². The van der Waals surface area contributed by atoms with Crippen LogP contribution in [0.4, 0.5) is 0 Å².